The van der Waals surface area contributed by atoms with Crippen molar-refractivity contribution in [1.29, 1.82) is 0 Å². The van der Waals surface area contributed by atoms with E-state index in [1.165, 1.54) is 12.1 Å². The van der Waals surface area contributed by atoms with E-state index in [0.717, 1.165) is 19.3 Å². The van der Waals surface area contributed by atoms with Gasteiger partial charge in [-0.15, -0.1) is 0 Å². The number of hydrogen-bond acceptors (Lipinski definition) is 6. The zero-order valence-corrected chi connectivity index (χ0v) is 17.7. The maximum absolute atomic E-state index is 12.3. The second kappa shape index (κ2) is 8.71. The summed E-state index contributed by atoms with van der Waals surface area (Å²) in [6.45, 7) is 1.07. The van der Waals surface area contributed by atoms with Gasteiger partial charge in [-0.25, -0.2) is 13.1 Å². The summed E-state index contributed by atoms with van der Waals surface area (Å²) in [4.78, 5) is 12.5. The Hall–Kier alpha value is -2.49. The minimum absolute atomic E-state index is 0.0468. The van der Waals surface area contributed by atoms with Crippen molar-refractivity contribution in [2.75, 3.05) is 18.6 Å². The summed E-state index contributed by atoms with van der Waals surface area (Å²) in [5.74, 6) is 0.752. The van der Waals surface area contributed by atoms with Crippen LogP contribution in [0.1, 0.15) is 24.8 Å². The first-order valence-electron chi connectivity index (χ1n) is 9.66. The van der Waals surface area contributed by atoms with Gasteiger partial charge in [-0.2, -0.15) is 0 Å². The van der Waals surface area contributed by atoms with Crippen molar-refractivity contribution >= 4 is 33.2 Å². The molecule has 0 spiro atoms. The van der Waals surface area contributed by atoms with E-state index in [0.29, 0.717) is 41.0 Å². The second-order valence-electron chi connectivity index (χ2n) is 7.23. The molecule has 1 fully saturated rings. The van der Waals surface area contributed by atoms with Crippen LogP contribution in [0, 0.1) is 0 Å². The predicted octanol–water partition coefficient (Wildman–Crippen LogP) is 2.63. The van der Waals surface area contributed by atoms with Crippen molar-refractivity contribution in [2.24, 2.45) is 0 Å². The average Bonchev–Trinajstić information content (AvgIpc) is 3.53. The van der Waals surface area contributed by atoms with Crippen molar-refractivity contribution in [3.63, 3.8) is 0 Å². The fraction of sp³-hybridized carbons (Fsp3) is 0.350. The van der Waals surface area contributed by atoms with Crippen molar-refractivity contribution in [2.45, 2.75) is 36.6 Å². The summed E-state index contributed by atoms with van der Waals surface area (Å²) < 4.78 is 38.2. The number of fused-ring (bicyclic) bond motifs is 1. The van der Waals surface area contributed by atoms with E-state index in [4.69, 9.17) is 21.1 Å². The Morgan fingerprint density at radius 2 is 1.83 bits per heavy atom. The smallest absolute Gasteiger partial charge is 0.242 e. The maximum Gasteiger partial charge on any atom is 0.242 e. The number of amides is 1. The topological polar surface area (TPSA) is 106 Å². The van der Waals surface area contributed by atoms with Crippen LogP contribution in [-0.2, 0) is 21.2 Å². The zero-order chi connectivity index (χ0) is 21.1. The van der Waals surface area contributed by atoms with Crippen LogP contribution in [-0.4, -0.2) is 33.6 Å². The molecule has 2 aromatic carbocycles. The number of carbonyl (C=O) groups excluding carboxylic acids is 1. The summed E-state index contributed by atoms with van der Waals surface area (Å²) in [7, 11) is -3.50. The summed E-state index contributed by atoms with van der Waals surface area (Å²) in [6.07, 6.45) is 2.60. The Kier molecular flexibility index (Phi) is 6.03. The molecule has 2 aliphatic rings. The lowest BCUT2D eigenvalue weighted by molar-refractivity contribution is -0.119. The number of nitrogens with one attached hydrogen (secondary N) is 3. The average molecular weight is 452 g/mol. The van der Waals surface area contributed by atoms with Crippen molar-refractivity contribution in [3.05, 3.63) is 47.0 Å². The summed E-state index contributed by atoms with van der Waals surface area (Å²) in [5, 5.41) is 0.404. The number of hydrogen-bond donors (Lipinski definition) is 3. The highest BCUT2D eigenvalue weighted by Gasteiger charge is 2.27. The molecule has 0 bridgehead atoms. The Morgan fingerprint density at radius 3 is 2.57 bits per heavy atom. The highest BCUT2D eigenvalue weighted by atomic mass is 35.5. The minimum Gasteiger partial charge on any atom is -0.489 e. The lowest BCUT2D eigenvalue weighted by atomic mass is 10.1. The minimum atomic E-state index is -3.50. The van der Waals surface area contributed by atoms with Crippen LogP contribution in [0.25, 0.3) is 0 Å². The van der Waals surface area contributed by atoms with Gasteiger partial charge in [0.2, 0.25) is 15.9 Å². The summed E-state index contributed by atoms with van der Waals surface area (Å²) in [5.41, 5.74) is 6.62. The first-order chi connectivity index (χ1) is 14.4. The van der Waals surface area contributed by atoms with E-state index < -0.39 is 10.0 Å². The molecule has 10 heteroatoms. The van der Waals surface area contributed by atoms with Gasteiger partial charge in [-0.1, -0.05) is 11.6 Å². The van der Waals surface area contributed by atoms with Gasteiger partial charge >= 0.3 is 0 Å². The highest BCUT2D eigenvalue weighted by Crippen LogP contribution is 2.38. The number of benzene rings is 2. The molecule has 0 atom stereocenters. The van der Waals surface area contributed by atoms with Gasteiger partial charge in [0, 0.05) is 12.5 Å². The molecule has 0 saturated heterocycles. The fourth-order valence-corrected chi connectivity index (χ4v) is 4.56. The largest absolute Gasteiger partial charge is 0.489 e. The van der Waals surface area contributed by atoms with Crippen LogP contribution >= 0.6 is 11.6 Å². The molecule has 0 aromatic heterocycles. The van der Waals surface area contributed by atoms with Gasteiger partial charge in [0.15, 0.2) is 11.5 Å². The predicted molar refractivity (Wildman–Crippen MR) is 112 cm³/mol. The van der Waals surface area contributed by atoms with Gasteiger partial charge in [0.1, 0.15) is 0 Å². The summed E-state index contributed by atoms with van der Waals surface area (Å²) >= 11 is 6.26. The van der Waals surface area contributed by atoms with E-state index in [-0.39, 0.29) is 23.3 Å². The van der Waals surface area contributed by atoms with Gasteiger partial charge in [0.05, 0.1) is 35.2 Å². The van der Waals surface area contributed by atoms with E-state index >= 15 is 0 Å². The lowest BCUT2D eigenvalue weighted by Gasteiger charge is -2.12. The second-order valence-corrected chi connectivity index (χ2v) is 9.35. The first-order valence-corrected chi connectivity index (χ1v) is 11.5. The van der Waals surface area contributed by atoms with E-state index in [1.54, 1.807) is 24.3 Å². The molecule has 2 aromatic rings. The van der Waals surface area contributed by atoms with Gasteiger partial charge in [-0.3, -0.25) is 15.6 Å². The van der Waals surface area contributed by atoms with Crippen LogP contribution in [0.2, 0.25) is 5.02 Å². The molecule has 0 radical (unpaired) electrons. The Bertz CT molecular complexity index is 1040. The van der Waals surface area contributed by atoms with Crippen molar-refractivity contribution in [3.8, 4) is 11.5 Å². The van der Waals surface area contributed by atoms with Crippen molar-refractivity contribution < 1.29 is 22.7 Å². The number of rotatable bonds is 7. The molecular formula is C20H22ClN3O5S. The SMILES string of the molecule is O=C(Cc1cc(Cl)c2c(c1)OCCCO2)NNc1ccc(S(=O)(=O)NC2CC2)cc1. The third kappa shape index (κ3) is 5.16. The third-order valence-corrected chi connectivity index (χ3v) is 6.45. The molecule has 1 aliphatic carbocycles. The molecule has 160 valence electrons. The normalized spacial score (nSPS) is 15.9. The van der Waals surface area contributed by atoms with Gasteiger partial charge < -0.3 is 9.47 Å². The molecule has 1 aliphatic heterocycles. The molecule has 0 unspecified atom stereocenters. The molecule has 3 N–H and O–H groups in total. The Morgan fingerprint density at radius 1 is 1.10 bits per heavy atom. The molecule has 4 rings (SSSR count). The monoisotopic (exact) mass is 451 g/mol. The molecular weight excluding hydrogens is 430 g/mol. The van der Waals surface area contributed by atoms with Crippen LogP contribution in [0.3, 0.4) is 0 Å². The summed E-state index contributed by atoms with van der Waals surface area (Å²) in [6, 6.07) is 9.63. The number of sulfonamides is 1. The van der Waals surface area contributed by atoms with Crippen LogP contribution in [0.5, 0.6) is 11.5 Å². The van der Waals surface area contributed by atoms with E-state index in [2.05, 4.69) is 15.6 Å². The van der Waals surface area contributed by atoms with Gasteiger partial charge in [-0.05, 0) is 54.8 Å². The molecule has 30 heavy (non-hydrogen) atoms. The number of anilines is 1. The lowest BCUT2D eigenvalue weighted by Crippen LogP contribution is -2.30. The maximum atomic E-state index is 12.3. The molecule has 8 nitrogen and oxygen atoms in total. The fourth-order valence-electron chi connectivity index (χ4n) is 2.96. The zero-order valence-electron chi connectivity index (χ0n) is 16.1. The third-order valence-electron chi connectivity index (χ3n) is 4.64. The van der Waals surface area contributed by atoms with Crippen molar-refractivity contribution in [1.82, 2.24) is 10.1 Å². The van der Waals surface area contributed by atoms with Crippen LogP contribution < -0.4 is 25.0 Å². The van der Waals surface area contributed by atoms with Crippen LogP contribution in [0.4, 0.5) is 5.69 Å². The number of halogens is 1. The van der Waals surface area contributed by atoms with Crippen LogP contribution in [0.15, 0.2) is 41.3 Å². The Labute approximate surface area is 179 Å². The Balaban J connectivity index is 1.34. The van der Waals surface area contributed by atoms with E-state index in [1.807, 2.05) is 0 Å². The van der Waals surface area contributed by atoms with E-state index in [9.17, 15) is 13.2 Å². The quantitative estimate of drug-likeness (QED) is 0.559. The highest BCUT2D eigenvalue weighted by molar-refractivity contribution is 7.89. The van der Waals surface area contributed by atoms with Gasteiger partial charge in [0.25, 0.3) is 0 Å². The number of hydrazine groups is 1. The molecule has 1 heterocycles. The first kappa shape index (κ1) is 20.8. The number of carbonyl (C=O) groups is 1. The molecule has 1 saturated carbocycles. The standard InChI is InChI=1S/C20H22ClN3O5S/c21-17-10-13(11-18-20(17)29-9-1-8-28-18)12-19(25)23-22-14-4-6-16(7-5-14)30(26,27)24-15-2-3-15/h4-7,10-11,15,22,24H,1-3,8-9,12H2,(H,23,25). The number of ether oxygens (including phenoxy) is 2. The molecule has 1 amide bonds.